The first kappa shape index (κ1) is 25.0. The highest BCUT2D eigenvalue weighted by atomic mass is 16.5. The standard InChI is InChI=1S/C28H46O2/c1-2-3-4-5-6-7-8-9-10-11-12-13-14-15-16-17-18-19-24-27-28(29)25-22-20-21-23-26(25)30-27/h20-23,27H,2-19,24H2,1H3. The predicted molar refractivity (Wildman–Crippen MR) is 129 cm³/mol. The van der Waals surface area contributed by atoms with E-state index in [1.165, 1.54) is 109 Å². The highest BCUT2D eigenvalue weighted by Gasteiger charge is 2.31. The molecule has 0 fully saturated rings. The summed E-state index contributed by atoms with van der Waals surface area (Å²) in [5.41, 5.74) is 0.768. The minimum Gasteiger partial charge on any atom is -0.482 e. The molecule has 0 amide bonds. The smallest absolute Gasteiger partial charge is 0.207 e. The van der Waals surface area contributed by atoms with Crippen LogP contribution in [0.4, 0.5) is 0 Å². The van der Waals surface area contributed by atoms with Gasteiger partial charge in [-0.2, -0.15) is 0 Å². The van der Waals surface area contributed by atoms with E-state index in [9.17, 15) is 4.79 Å². The van der Waals surface area contributed by atoms with E-state index in [1.54, 1.807) is 0 Å². The summed E-state index contributed by atoms with van der Waals surface area (Å²) in [6.45, 7) is 2.29. The van der Waals surface area contributed by atoms with Gasteiger partial charge in [0, 0.05) is 0 Å². The molecule has 1 aliphatic heterocycles. The van der Waals surface area contributed by atoms with E-state index in [2.05, 4.69) is 6.92 Å². The molecule has 0 bridgehead atoms. The molecule has 0 saturated heterocycles. The molecule has 0 radical (unpaired) electrons. The number of carbonyl (C=O) groups excluding carboxylic acids is 1. The number of ether oxygens (including phenoxy) is 1. The number of Topliss-reactive ketones (excluding diaryl/α,β-unsaturated/α-hetero) is 1. The third kappa shape index (κ3) is 10.1. The Balaban J connectivity index is 1.29. The van der Waals surface area contributed by atoms with E-state index < -0.39 is 0 Å². The van der Waals surface area contributed by atoms with Crippen LogP contribution in [-0.4, -0.2) is 11.9 Å². The molecule has 1 heterocycles. The van der Waals surface area contributed by atoms with Crippen molar-refractivity contribution in [1.82, 2.24) is 0 Å². The lowest BCUT2D eigenvalue weighted by Gasteiger charge is -2.09. The van der Waals surface area contributed by atoms with Gasteiger partial charge in [-0.15, -0.1) is 0 Å². The first-order chi connectivity index (χ1) is 14.8. The van der Waals surface area contributed by atoms with Crippen LogP contribution in [0.25, 0.3) is 0 Å². The summed E-state index contributed by atoms with van der Waals surface area (Å²) in [7, 11) is 0. The molecule has 2 rings (SSSR count). The van der Waals surface area contributed by atoms with Crippen molar-refractivity contribution in [2.45, 2.75) is 135 Å². The average Bonchev–Trinajstić information content (AvgIpc) is 3.08. The fourth-order valence-electron chi connectivity index (χ4n) is 4.57. The van der Waals surface area contributed by atoms with Gasteiger partial charge >= 0.3 is 0 Å². The molecule has 170 valence electrons. The number of benzene rings is 1. The molecule has 0 aliphatic carbocycles. The summed E-state index contributed by atoms with van der Waals surface area (Å²) in [5, 5.41) is 0. The molecule has 2 nitrogen and oxygen atoms in total. The first-order valence-corrected chi connectivity index (χ1v) is 13.1. The zero-order chi connectivity index (χ0) is 21.3. The van der Waals surface area contributed by atoms with Gasteiger partial charge in [0.05, 0.1) is 5.56 Å². The second kappa shape index (κ2) is 16.4. The number of hydrogen-bond donors (Lipinski definition) is 0. The molecule has 0 N–H and O–H groups in total. The van der Waals surface area contributed by atoms with Crippen LogP contribution < -0.4 is 4.74 Å². The fraction of sp³-hybridized carbons (Fsp3) is 0.750. The van der Waals surface area contributed by atoms with Crippen molar-refractivity contribution in [3.63, 3.8) is 0 Å². The Kier molecular flexibility index (Phi) is 13.6. The van der Waals surface area contributed by atoms with Crippen LogP contribution in [0.1, 0.15) is 139 Å². The largest absolute Gasteiger partial charge is 0.482 e. The van der Waals surface area contributed by atoms with Crippen molar-refractivity contribution in [2.75, 3.05) is 0 Å². The van der Waals surface area contributed by atoms with E-state index in [0.717, 1.165) is 24.2 Å². The minimum absolute atomic E-state index is 0.178. The van der Waals surface area contributed by atoms with Gasteiger partial charge in [-0.3, -0.25) is 4.79 Å². The van der Waals surface area contributed by atoms with Crippen molar-refractivity contribution in [3.05, 3.63) is 29.8 Å². The van der Waals surface area contributed by atoms with Crippen molar-refractivity contribution in [2.24, 2.45) is 0 Å². The highest BCUT2D eigenvalue weighted by molar-refractivity contribution is 6.04. The molecule has 1 aromatic carbocycles. The third-order valence-corrected chi connectivity index (χ3v) is 6.53. The van der Waals surface area contributed by atoms with Gasteiger partial charge in [0.2, 0.25) is 5.78 Å². The summed E-state index contributed by atoms with van der Waals surface area (Å²) in [4.78, 5) is 12.3. The van der Waals surface area contributed by atoms with Crippen LogP contribution >= 0.6 is 0 Å². The quantitative estimate of drug-likeness (QED) is 0.211. The Hall–Kier alpha value is -1.31. The minimum atomic E-state index is -0.233. The van der Waals surface area contributed by atoms with Gasteiger partial charge in [-0.1, -0.05) is 128 Å². The van der Waals surface area contributed by atoms with Crippen LogP contribution in [-0.2, 0) is 0 Å². The average molecular weight is 415 g/mol. The van der Waals surface area contributed by atoms with Crippen molar-refractivity contribution >= 4 is 5.78 Å². The van der Waals surface area contributed by atoms with E-state index in [4.69, 9.17) is 4.74 Å². The Morgan fingerprint density at radius 3 is 1.53 bits per heavy atom. The summed E-state index contributed by atoms with van der Waals surface area (Å²) < 4.78 is 5.80. The highest BCUT2D eigenvalue weighted by Crippen LogP contribution is 2.30. The molecular weight excluding hydrogens is 368 g/mol. The Bertz CT molecular complexity index is 566. The topological polar surface area (TPSA) is 26.3 Å². The number of carbonyl (C=O) groups is 1. The summed E-state index contributed by atoms with van der Waals surface area (Å²) >= 11 is 0. The number of unbranched alkanes of at least 4 members (excludes halogenated alkanes) is 17. The number of fused-ring (bicyclic) bond motifs is 1. The lowest BCUT2D eigenvalue weighted by atomic mass is 10.0. The maximum atomic E-state index is 12.3. The van der Waals surface area contributed by atoms with Gasteiger partial charge in [0.25, 0.3) is 0 Å². The fourth-order valence-corrected chi connectivity index (χ4v) is 4.57. The number of ketones is 1. The Labute approximate surface area is 186 Å². The normalized spacial score (nSPS) is 15.4. The van der Waals surface area contributed by atoms with Crippen molar-refractivity contribution in [3.8, 4) is 5.75 Å². The SMILES string of the molecule is CCCCCCCCCCCCCCCCCCCCC1Oc2ccccc2C1=O. The first-order valence-electron chi connectivity index (χ1n) is 13.1. The second-order valence-electron chi connectivity index (χ2n) is 9.27. The molecule has 1 aliphatic rings. The second-order valence-corrected chi connectivity index (χ2v) is 9.27. The van der Waals surface area contributed by atoms with Gasteiger partial charge in [0.15, 0.2) is 6.10 Å². The number of hydrogen-bond acceptors (Lipinski definition) is 2. The summed E-state index contributed by atoms with van der Waals surface area (Å²) in [6.07, 6.45) is 25.6. The van der Waals surface area contributed by atoms with E-state index in [0.29, 0.717) is 0 Å². The molecule has 0 saturated carbocycles. The molecular formula is C28H46O2. The van der Waals surface area contributed by atoms with Gasteiger partial charge in [-0.25, -0.2) is 0 Å². The molecule has 30 heavy (non-hydrogen) atoms. The molecule has 2 heteroatoms. The molecule has 1 atom stereocenters. The van der Waals surface area contributed by atoms with E-state index in [-0.39, 0.29) is 11.9 Å². The van der Waals surface area contributed by atoms with Gasteiger partial charge in [0.1, 0.15) is 5.75 Å². The summed E-state index contributed by atoms with van der Waals surface area (Å²) in [6, 6.07) is 7.64. The van der Waals surface area contributed by atoms with Crippen LogP contribution in [0.15, 0.2) is 24.3 Å². The van der Waals surface area contributed by atoms with E-state index in [1.807, 2.05) is 24.3 Å². The van der Waals surface area contributed by atoms with Crippen LogP contribution in [0, 0.1) is 0 Å². The number of rotatable bonds is 19. The van der Waals surface area contributed by atoms with Crippen LogP contribution in [0.5, 0.6) is 5.75 Å². The van der Waals surface area contributed by atoms with Crippen LogP contribution in [0.2, 0.25) is 0 Å². The van der Waals surface area contributed by atoms with Crippen molar-refractivity contribution in [1.29, 1.82) is 0 Å². The lowest BCUT2D eigenvalue weighted by Crippen LogP contribution is -2.20. The van der Waals surface area contributed by atoms with Crippen LogP contribution in [0.3, 0.4) is 0 Å². The molecule has 1 unspecified atom stereocenters. The summed E-state index contributed by atoms with van der Waals surface area (Å²) in [5.74, 6) is 0.951. The number of para-hydroxylation sites is 1. The maximum Gasteiger partial charge on any atom is 0.207 e. The monoisotopic (exact) mass is 414 g/mol. The Morgan fingerprint density at radius 2 is 1.07 bits per heavy atom. The maximum absolute atomic E-state index is 12.3. The third-order valence-electron chi connectivity index (χ3n) is 6.53. The zero-order valence-corrected chi connectivity index (χ0v) is 19.6. The Morgan fingerprint density at radius 1 is 0.633 bits per heavy atom. The molecule has 0 spiro atoms. The van der Waals surface area contributed by atoms with Gasteiger partial charge < -0.3 is 4.74 Å². The zero-order valence-electron chi connectivity index (χ0n) is 19.6. The molecule has 1 aromatic rings. The lowest BCUT2D eigenvalue weighted by molar-refractivity contribution is 0.0842. The van der Waals surface area contributed by atoms with Crippen molar-refractivity contribution < 1.29 is 9.53 Å². The van der Waals surface area contributed by atoms with E-state index >= 15 is 0 Å². The molecule has 0 aromatic heterocycles. The predicted octanol–water partition coefficient (Wildman–Crippen LogP) is 9.06. The van der Waals surface area contributed by atoms with Gasteiger partial charge in [-0.05, 0) is 25.0 Å².